The molecule has 0 spiro atoms. The standard InChI is InChI=1S/C19H20N4O4/c1-6-9-27-19(24)17-12(3)23-18(21-20-17)16(11(2)22-23)13-7-8-14(25-4)15(10-13)26-5/h6-8,10H,1,9H2,2-5H3. The summed E-state index contributed by atoms with van der Waals surface area (Å²) in [5.41, 5.74) is 3.61. The predicted octanol–water partition coefficient (Wildman–Crippen LogP) is 2.77. The van der Waals surface area contributed by atoms with Crippen molar-refractivity contribution in [2.75, 3.05) is 20.8 Å². The van der Waals surface area contributed by atoms with Crippen LogP contribution in [0.15, 0.2) is 30.9 Å². The molecule has 0 saturated carbocycles. The van der Waals surface area contributed by atoms with E-state index in [1.54, 1.807) is 25.7 Å². The van der Waals surface area contributed by atoms with Gasteiger partial charge < -0.3 is 14.2 Å². The predicted molar refractivity (Wildman–Crippen MR) is 99.3 cm³/mol. The van der Waals surface area contributed by atoms with Crippen molar-refractivity contribution in [2.24, 2.45) is 0 Å². The molecule has 0 amide bonds. The lowest BCUT2D eigenvalue weighted by atomic mass is 10.1. The number of methoxy groups -OCH3 is 2. The van der Waals surface area contributed by atoms with Crippen molar-refractivity contribution in [3.05, 3.63) is 47.9 Å². The zero-order valence-electron chi connectivity index (χ0n) is 15.6. The van der Waals surface area contributed by atoms with Crippen LogP contribution in [0.1, 0.15) is 21.9 Å². The molecule has 1 aromatic carbocycles. The van der Waals surface area contributed by atoms with Crippen LogP contribution in [0.4, 0.5) is 0 Å². The number of aryl methyl sites for hydroxylation is 2. The van der Waals surface area contributed by atoms with Crippen molar-refractivity contribution in [1.29, 1.82) is 0 Å². The number of nitrogens with zero attached hydrogens (tertiary/aromatic N) is 4. The van der Waals surface area contributed by atoms with E-state index in [1.165, 1.54) is 6.08 Å². The molecule has 0 aliphatic carbocycles. The van der Waals surface area contributed by atoms with E-state index in [0.717, 1.165) is 16.8 Å². The van der Waals surface area contributed by atoms with Gasteiger partial charge in [0, 0.05) is 0 Å². The highest BCUT2D eigenvalue weighted by Gasteiger charge is 2.21. The number of fused-ring (bicyclic) bond motifs is 1. The molecule has 0 atom stereocenters. The summed E-state index contributed by atoms with van der Waals surface area (Å²) in [7, 11) is 3.16. The topological polar surface area (TPSA) is 87.8 Å². The van der Waals surface area contributed by atoms with Crippen LogP contribution in [0, 0.1) is 13.8 Å². The van der Waals surface area contributed by atoms with Gasteiger partial charge in [0.15, 0.2) is 22.8 Å². The van der Waals surface area contributed by atoms with E-state index in [2.05, 4.69) is 21.9 Å². The van der Waals surface area contributed by atoms with Crippen molar-refractivity contribution in [1.82, 2.24) is 19.8 Å². The second kappa shape index (κ2) is 7.45. The van der Waals surface area contributed by atoms with Crippen LogP contribution in [0.3, 0.4) is 0 Å². The van der Waals surface area contributed by atoms with Gasteiger partial charge in [0.05, 0.1) is 31.2 Å². The first-order valence-electron chi connectivity index (χ1n) is 8.24. The first-order valence-corrected chi connectivity index (χ1v) is 8.24. The molecule has 0 bridgehead atoms. The van der Waals surface area contributed by atoms with Crippen molar-refractivity contribution in [3.8, 4) is 22.6 Å². The Kier molecular flexibility index (Phi) is 5.07. The number of carbonyl (C=O) groups is 1. The number of benzene rings is 1. The molecule has 0 aliphatic heterocycles. The quantitative estimate of drug-likeness (QED) is 0.488. The largest absolute Gasteiger partial charge is 0.493 e. The molecule has 2 aromatic heterocycles. The summed E-state index contributed by atoms with van der Waals surface area (Å²) in [4.78, 5) is 12.1. The normalized spacial score (nSPS) is 10.7. The van der Waals surface area contributed by atoms with Crippen molar-refractivity contribution >= 4 is 11.6 Å². The number of hydrogen-bond acceptors (Lipinski definition) is 7. The maximum absolute atomic E-state index is 12.1. The van der Waals surface area contributed by atoms with E-state index < -0.39 is 5.97 Å². The van der Waals surface area contributed by atoms with Crippen LogP contribution < -0.4 is 9.47 Å². The van der Waals surface area contributed by atoms with E-state index in [-0.39, 0.29) is 12.3 Å². The molecule has 3 rings (SSSR count). The zero-order chi connectivity index (χ0) is 19.6. The molecule has 0 N–H and O–H groups in total. The van der Waals surface area contributed by atoms with Gasteiger partial charge in [0.25, 0.3) is 0 Å². The number of rotatable bonds is 6. The van der Waals surface area contributed by atoms with Crippen LogP contribution >= 0.6 is 0 Å². The van der Waals surface area contributed by atoms with E-state index in [4.69, 9.17) is 14.2 Å². The molecule has 8 nitrogen and oxygen atoms in total. The van der Waals surface area contributed by atoms with E-state index in [0.29, 0.717) is 22.8 Å². The third-order valence-electron chi connectivity index (χ3n) is 4.14. The highest BCUT2D eigenvalue weighted by atomic mass is 16.5. The van der Waals surface area contributed by atoms with Gasteiger partial charge in [0.1, 0.15) is 6.61 Å². The lowest BCUT2D eigenvalue weighted by Crippen LogP contribution is -2.14. The number of ether oxygens (including phenoxy) is 3. The van der Waals surface area contributed by atoms with Crippen LogP contribution in [0.25, 0.3) is 16.8 Å². The van der Waals surface area contributed by atoms with Crippen LogP contribution in [0.2, 0.25) is 0 Å². The molecular weight excluding hydrogens is 348 g/mol. The first-order chi connectivity index (χ1) is 13.0. The van der Waals surface area contributed by atoms with Crippen LogP contribution in [-0.2, 0) is 4.74 Å². The molecule has 0 unspecified atom stereocenters. The Morgan fingerprint density at radius 1 is 1.19 bits per heavy atom. The smallest absolute Gasteiger partial charge is 0.361 e. The minimum Gasteiger partial charge on any atom is -0.493 e. The van der Waals surface area contributed by atoms with Gasteiger partial charge >= 0.3 is 5.97 Å². The van der Waals surface area contributed by atoms with Gasteiger partial charge in [-0.3, -0.25) is 0 Å². The number of esters is 1. The Morgan fingerprint density at radius 2 is 1.93 bits per heavy atom. The van der Waals surface area contributed by atoms with Gasteiger partial charge in [-0.2, -0.15) is 5.10 Å². The summed E-state index contributed by atoms with van der Waals surface area (Å²) in [5.74, 6) is 0.663. The molecule has 140 valence electrons. The minimum atomic E-state index is -0.567. The monoisotopic (exact) mass is 368 g/mol. The summed E-state index contributed by atoms with van der Waals surface area (Å²) in [6.45, 7) is 7.25. The van der Waals surface area contributed by atoms with Gasteiger partial charge in [-0.15, -0.1) is 10.2 Å². The Hall–Kier alpha value is -3.42. The Morgan fingerprint density at radius 3 is 2.59 bits per heavy atom. The minimum absolute atomic E-state index is 0.104. The fourth-order valence-electron chi connectivity index (χ4n) is 2.83. The third kappa shape index (κ3) is 3.21. The van der Waals surface area contributed by atoms with Gasteiger partial charge in [-0.25, -0.2) is 9.31 Å². The number of carbonyl (C=O) groups excluding carboxylic acids is 1. The lowest BCUT2D eigenvalue weighted by molar-refractivity contribution is 0.0539. The summed E-state index contributed by atoms with van der Waals surface area (Å²) in [6.07, 6.45) is 1.49. The second-order valence-corrected chi connectivity index (χ2v) is 5.79. The van der Waals surface area contributed by atoms with Crippen LogP contribution in [-0.4, -0.2) is 46.6 Å². The molecule has 0 aliphatic rings. The molecule has 3 aromatic rings. The molecule has 8 heteroatoms. The molecule has 0 radical (unpaired) electrons. The number of aromatic nitrogens is 4. The SMILES string of the molecule is C=CCOC(=O)c1nnc2c(-c3ccc(OC)c(OC)c3)c(C)nn2c1C. The maximum Gasteiger partial charge on any atom is 0.361 e. The van der Waals surface area contributed by atoms with E-state index >= 15 is 0 Å². The van der Waals surface area contributed by atoms with E-state index in [1.807, 2.05) is 25.1 Å². The Labute approximate surface area is 156 Å². The first kappa shape index (κ1) is 18.4. The van der Waals surface area contributed by atoms with E-state index in [9.17, 15) is 4.79 Å². The molecule has 0 fully saturated rings. The molecular formula is C19H20N4O4. The van der Waals surface area contributed by atoms with Gasteiger partial charge in [-0.1, -0.05) is 18.7 Å². The number of hydrogen-bond donors (Lipinski definition) is 0. The highest BCUT2D eigenvalue weighted by molar-refractivity contribution is 5.89. The van der Waals surface area contributed by atoms with Gasteiger partial charge in [-0.05, 0) is 31.5 Å². The maximum atomic E-state index is 12.1. The average Bonchev–Trinajstić information content (AvgIpc) is 3.02. The Bertz CT molecular complexity index is 1030. The molecule has 2 heterocycles. The van der Waals surface area contributed by atoms with Crippen LogP contribution in [0.5, 0.6) is 11.5 Å². The third-order valence-corrected chi connectivity index (χ3v) is 4.14. The highest BCUT2D eigenvalue weighted by Crippen LogP contribution is 2.35. The fourth-order valence-corrected chi connectivity index (χ4v) is 2.83. The summed E-state index contributed by atoms with van der Waals surface area (Å²) in [6, 6.07) is 5.57. The Balaban J connectivity index is 2.13. The zero-order valence-corrected chi connectivity index (χ0v) is 15.6. The van der Waals surface area contributed by atoms with Crippen molar-refractivity contribution < 1.29 is 19.0 Å². The molecule has 27 heavy (non-hydrogen) atoms. The summed E-state index contributed by atoms with van der Waals surface area (Å²) < 4.78 is 17.3. The second-order valence-electron chi connectivity index (χ2n) is 5.79. The van der Waals surface area contributed by atoms with Crippen molar-refractivity contribution in [2.45, 2.75) is 13.8 Å². The van der Waals surface area contributed by atoms with Crippen molar-refractivity contribution in [3.63, 3.8) is 0 Å². The summed E-state index contributed by atoms with van der Waals surface area (Å²) >= 11 is 0. The summed E-state index contributed by atoms with van der Waals surface area (Å²) in [5, 5.41) is 12.8. The fraction of sp³-hybridized carbons (Fsp3) is 0.263. The average molecular weight is 368 g/mol. The van der Waals surface area contributed by atoms with Gasteiger partial charge in [0.2, 0.25) is 0 Å². The molecule has 0 saturated heterocycles. The lowest BCUT2D eigenvalue weighted by Gasteiger charge is -2.09.